The smallest absolute Gasteiger partial charge is 0.356 e. The number of aromatic nitrogens is 3. The third-order valence-electron chi connectivity index (χ3n) is 3.76. The predicted molar refractivity (Wildman–Crippen MR) is 77.5 cm³/mol. The van der Waals surface area contributed by atoms with Gasteiger partial charge in [0.2, 0.25) is 0 Å². The van der Waals surface area contributed by atoms with Crippen LogP contribution >= 0.6 is 12.4 Å². The lowest BCUT2D eigenvalue weighted by molar-refractivity contribution is 0.0689. The summed E-state index contributed by atoms with van der Waals surface area (Å²) in [7, 11) is 0. The summed E-state index contributed by atoms with van der Waals surface area (Å²) >= 11 is 0. The van der Waals surface area contributed by atoms with E-state index in [9.17, 15) is 4.79 Å². The molecule has 0 saturated heterocycles. The van der Waals surface area contributed by atoms with Crippen LogP contribution in [0, 0.1) is 0 Å². The number of carbonyl (C=O) groups is 1. The van der Waals surface area contributed by atoms with Gasteiger partial charge in [-0.15, -0.1) is 12.4 Å². The molecule has 0 bridgehead atoms. The standard InChI is InChI=1S/C14H11N3O2.ClH/c18-14(19)13-9-6-5-8-7-3-1-2-4-10(7)15-11(8)12(9)16-17-13;/h1-4,15H,5-6H2,(H,16,17)(H,18,19);1H. The van der Waals surface area contributed by atoms with Crippen molar-refractivity contribution >= 4 is 29.3 Å². The third-order valence-corrected chi connectivity index (χ3v) is 3.76. The van der Waals surface area contributed by atoms with Crippen LogP contribution in [0.2, 0.25) is 0 Å². The summed E-state index contributed by atoms with van der Waals surface area (Å²) < 4.78 is 0. The number of aromatic carboxylic acids is 1. The van der Waals surface area contributed by atoms with E-state index in [4.69, 9.17) is 5.11 Å². The van der Waals surface area contributed by atoms with E-state index in [0.717, 1.165) is 28.9 Å². The van der Waals surface area contributed by atoms with Crippen LogP contribution in [-0.2, 0) is 12.8 Å². The molecule has 1 aromatic carbocycles. The van der Waals surface area contributed by atoms with Gasteiger partial charge in [0.15, 0.2) is 5.69 Å². The second-order valence-corrected chi connectivity index (χ2v) is 4.76. The number of rotatable bonds is 1. The number of nitrogens with one attached hydrogen (secondary N) is 2. The van der Waals surface area contributed by atoms with Gasteiger partial charge in [-0.2, -0.15) is 5.10 Å². The van der Waals surface area contributed by atoms with E-state index in [0.29, 0.717) is 6.42 Å². The molecule has 0 aliphatic heterocycles. The first-order chi connectivity index (χ1) is 9.25. The van der Waals surface area contributed by atoms with Gasteiger partial charge in [-0.1, -0.05) is 18.2 Å². The first-order valence-corrected chi connectivity index (χ1v) is 6.16. The molecule has 3 aromatic rings. The van der Waals surface area contributed by atoms with E-state index in [1.165, 1.54) is 10.9 Å². The molecule has 4 rings (SSSR count). The molecule has 20 heavy (non-hydrogen) atoms. The summed E-state index contributed by atoms with van der Waals surface area (Å²) in [6.45, 7) is 0. The van der Waals surface area contributed by atoms with Gasteiger partial charge in [0, 0.05) is 16.5 Å². The number of halogens is 1. The summed E-state index contributed by atoms with van der Waals surface area (Å²) in [5.41, 5.74) is 5.04. The molecule has 0 unspecified atom stereocenters. The van der Waals surface area contributed by atoms with Crippen LogP contribution in [0.15, 0.2) is 24.3 Å². The van der Waals surface area contributed by atoms with Crippen molar-refractivity contribution in [3.8, 4) is 11.4 Å². The number of carboxylic acids is 1. The number of H-pyrrole nitrogens is 2. The molecule has 2 aromatic heterocycles. The molecule has 5 nitrogen and oxygen atoms in total. The number of nitrogens with zero attached hydrogens (tertiary/aromatic N) is 1. The molecule has 0 saturated carbocycles. The number of aromatic amines is 2. The van der Waals surface area contributed by atoms with Crippen LogP contribution in [0.5, 0.6) is 0 Å². The fourth-order valence-corrected chi connectivity index (χ4v) is 2.92. The summed E-state index contributed by atoms with van der Waals surface area (Å²) in [5, 5.41) is 17.1. The minimum Gasteiger partial charge on any atom is -0.476 e. The molecule has 1 aliphatic carbocycles. The number of carboxylic acid groups (broad SMARTS) is 1. The molecule has 0 amide bonds. The van der Waals surface area contributed by atoms with Crippen LogP contribution in [0.1, 0.15) is 21.6 Å². The lowest BCUT2D eigenvalue weighted by atomic mass is 9.92. The van der Waals surface area contributed by atoms with Gasteiger partial charge in [-0.05, 0) is 24.5 Å². The molecule has 0 radical (unpaired) electrons. The lowest BCUT2D eigenvalue weighted by Gasteiger charge is -2.12. The fraction of sp³-hybridized carbons (Fsp3) is 0.143. The average Bonchev–Trinajstić information content (AvgIpc) is 2.99. The summed E-state index contributed by atoms with van der Waals surface area (Å²) in [6, 6.07) is 8.12. The van der Waals surface area contributed by atoms with Crippen molar-refractivity contribution in [2.45, 2.75) is 12.8 Å². The zero-order valence-electron chi connectivity index (χ0n) is 10.4. The second-order valence-electron chi connectivity index (χ2n) is 4.76. The average molecular weight is 290 g/mol. The number of fused-ring (bicyclic) bond motifs is 5. The highest BCUT2D eigenvalue weighted by Gasteiger charge is 2.27. The van der Waals surface area contributed by atoms with Gasteiger partial charge >= 0.3 is 5.97 Å². The third kappa shape index (κ3) is 1.56. The molecular weight excluding hydrogens is 278 g/mol. The van der Waals surface area contributed by atoms with Crippen molar-refractivity contribution < 1.29 is 9.90 Å². The van der Waals surface area contributed by atoms with Gasteiger partial charge < -0.3 is 10.1 Å². The highest BCUT2D eigenvalue weighted by atomic mass is 35.5. The van der Waals surface area contributed by atoms with Gasteiger partial charge in [-0.3, -0.25) is 5.10 Å². The van der Waals surface area contributed by atoms with E-state index in [-0.39, 0.29) is 18.1 Å². The molecule has 102 valence electrons. The maximum absolute atomic E-state index is 11.1. The van der Waals surface area contributed by atoms with Crippen LogP contribution in [0.4, 0.5) is 0 Å². The van der Waals surface area contributed by atoms with Crippen LogP contribution in [0.3, 0.4) is 0 Å². The molecule has 0 atom stereocenters. The Morgan fingerprint density at radius 3 is 2.70 bits per heavy atom. The fourth-order valence-electron chi connectivity index (χ4n) is 2.92. The first-order valence-electron chi connectivity index (χ1n) is 6.16. The van der Waals surface area contributed by atoms with Gasteiger partial charge in [0.05, 0.1) is 11.4 Å². The maximum atomic E-state index is 11.1. The zero-order chi connectivity index (χ0) is 13.0. The van der Waals surface area contributed by atoms with Crippen molar-refractivity contribution in [3.63, 3.8) is 0 Å². The molecule has 6 heteroatoms. The van der Waals surface area contributed by atoms with E-state index in [2.05, 4.69) is 21.2 Å². The summed E-state index contributed by atoms with van der Waals surface area (Å²) in [4.78, 5) is 14.5. The van der Waals surface area contributed by atoms with E-state index >= 15 is 0 Å². The summed E-state index contributed by atoms with van der Waals surface area (Å²) in [6.07, 6.45) is 1.55. The zero-order valence-corrected chi connectivity index (χ0v) is 11.3. The monoisotopic (exact) mass is 289 g/mol. The second kappa shape index (κ2) is 4.38. The Hall–Kier alpha value is -2.27. The highest BCUT2D eigenvalue weighted by Crippen LogP contribution is 2.37. The predicted octanol–water partition coefficient (Wildman–Crippen LogP) is 2.78. The van der Waals surface area contributed by atoms with Crippen molar-refractivity contribution in [1.29, 1.82) is 0 Å². The van der Waals surface area contributed by atoms with Gasteiger partial charge in [0.1, 0.15) is 0 Å². The minimum absolute atomic E-state index is 0. The SMILES string of the molecule is Cl.O=C(O)c1n[nH]c2c1CCc1c-2[nH]c2ccccc12. The number of hydrogen-bond donors (Lipinski definition) is 3. The molecule has 0 fully saturated rings. The van der Waals surface area contributed by atoms with Crippen molar-refractivity contribution in [2.75, 3.05) is 0 Å². The topological polar surface area (TPSA) is 81.8 Å². The van der Waals surface area contributed by atoms with Crippen molar-refractivity contribution in [3.05, 3.63) is 41.1 Å². The molecule has 1 aliphatic rings. The van der Waals surface area contributed by atoms with Gasteiger partial charge in [-0.25, -0.2) is 4.79 Å². The van der Waals surface area contributed by atoms with Gasteiger partial charge in [0.25, 0.3) is 0 Å². The Bertz CT molecular complexity index is 819. The number of para-hydroxylation sites is 1. The van der Waals surface area contributed by atoms with Crippen molar-refractivity contribution in [2.24, 2.45) is 0 Å². The van der Waals surface area contributed by atoms with Crippen molar-refractivity contribution in [1.82, 2.24) is 15.2 Å². The molecule has 0 spiro atoms. The number of aryl methyl sites for hydroxylation is 1. The Labute approximate surface area is 120 Å². The molecule has 3 N–H and O–H groups in total. The lowest BCUT2D eigenvalue weighted by Crippen LogP contribution is -2.06. The largest absolute Gasteiger partial charge is 0.476 e. The van der Waals surface area contributed by atoms with Crippen LogP contribution < -0.4 is 0 Å². The Kier molecular flexibility index (Phi) is 2.79. The van der Waals surface area contributed by atoms with Crippen LogP contribution in [-0.4, -0.2) is 26.3 Å². The number of hydrogen-bond acceptors (Lipinski definition) is 2. The minimum atomic E-state index is -0.975. The summed E-state index contributed by atoms with van der Waals surface area (Å²) in [5.74, 6) is -0.975. The van der Waals surface area contributed by atoms with E-state index in [1.807, 2.05) is 18.2 Å². The van der Waals surface area contributed by atoms with E-state index < -0.39 is 5.97 Å². The normalized spacial score (nSPS) is 12.6. The Balaban J connectivity index is 0.00000121. The van der Waals surface area contributed by atoms with E-state index in [1.54, 1.807) is 0 Å². The Morgan fingerprint density at radius 2 is 1.90 bits per heavy atom. The highest BCUT2D eigenvalue weighted by molar-refractivity contribution is 5.94. The first kappa shape index (κ1) is 12.7. The molecule has 2 heterocycles. The van der Waals surface area contributed by atoms with Crippen LogP contribution in [0.25, 0.3) is 22.3 Å². The molecular formula is C14H12ClN3O2. The Morgan fingerprint density at radius 1 is 1.15 bits per heavy atom. The maximum Gasteiger partial charge on any atom is 0.356 e. The number of benzene rings is 1. The quantitative estimate of drug-likeness (QED) is 0.644.